The summed E-state index contributed by atoms with van der Waals surface area (Å²) in [7, 11) is -2.08. The van der Waals surface area contributed by atoms with E-state index >= 15 is 0 Å². The van der Waals surface area contributed by atoms with Crippen molar-refractivity contribution in [2.75, 3.05) is 30.8 Å². The fraction of sp³-hybridized carbons (Fsp3) is 0.355. The van der Waals surface area contributed by atoms with Crippen LogP contribution in [0.2, 0.25) is 0 Å². The Balaban J connectivity index is 1.86. The minimum absolute atomic E-state index is 0.0664. The van der Waals surface area contributed by atoms with Crippen LogP contribution in [-0.2, 0) is 32.6 Å². The van der Waals surface area contributed by atoms with E-state index in [2.05, 4.69) is 5.32 Å². The number of sulfonamides is 1. The summed E-state index contributed by atoms with van der Waals surface area (Å²) in [5.41, 5.74) is 3.34. The number of likely N-dealkylation sites (N-methyl/N-ethyl adjacent to an activating group) is 1. The lowest BCUT2D eigenvalue weighted by atomic mass is 10.0. The Morgan fingerprint density at radius 1 is 0.950 bits per heavy atom. The van der Waals surface area contributed by atoms with Gasteiger partial charge in [0, 0.05) is 33.0 Å². The van der Waals surface area contributed by atoms with Crippen LogP contribution in [0.5, 0.6) is 5.75 Å². The Kier molecular flexibility index (Phi) is 11.1. The Morgan fingerprint density at radius 3 is 2.27 bits per heavy atom. The third-order valence-electron chi connectivity index (χ3n) is 6.54. The molecule has 2 amide bonds. The van der Waals surface area contributed by atoms with Crippen molar-refractivity contribution < 1.29 is 22.7 Å². The maximum absolute atomic E-state index is 13.8. The number of anilines is 1. The van der Waals surface area contributed by atoms with Crippen molar-refractivity contribution >= 4 is 27.5 Å². The van der Waals surface area contributed by atoms with Crippen LogP contribution in [0.25, 0.3) is 0 Å². The van der Waals surface area contributed by atoms with Crippen LogP contribution in [0.15, 0.2) is 78.9 Å². The van der Waals surface area contributed by atoms with Gasteiger partial charge in [-0.05, 0) is 43.5 Å². The third-order valence-corrected chi connectivity index (χ3v) is 7.72. The number of amides is 2. The van der Waals surface area contributed by atoms with Crippen molar-refractivity contribution in [3.63, 3.8) is 0 Å². The van der Waals surface area contributed by atoms with Crippen molar-refractivity contribution in [1.29, 1.82) is 0 Å². The first-order valence-corrected chi connectivity index (χ1v) is 15.3. The van der Waals surface area contributed by atoms with Gasteiger partial charge in [-0.2, -0.15) is 0 Å². The molecule has 0 aromatic heterocycles. The highest BCUT2D eigenvalue weighted by atomic mass is 32.2. The maximum Gasteiger partial charge on any atom is 0.242 e. The first-order chi connectivity index (χ1) is 19.1. The quantitative estimate of drug-likeness (QED) is 0.314. The number of rotatable bonds is 14. The van der Waals surface area contributed by atoms with Crippen molar-refractivity contribution in [2.24, 2.45) is 0 Å². The molecule has 0 radical (unpaired) electrons. The zero-order valence-electron chi connectivity index (χ0n) is 23.7. The predicted molar refractivity (Wildman–Crippen MR) is 159 cm³/mol. The molecule has 1 unspecified atom stereocenters. The van der Waals surface area contributed by atoms with E-state index in [4.69, 9.17) is 4.74 Å². The number of carbonyl (C=O) groups excluding carboxylic acids is 2. The molecule has 1 N–H and O–H groups in total. The lowest BCUT2D eigenvalue weighted by Crippen LogP contribution is -2.49. The minimum Gasteiger partial charge on any atom is -0.492 e. The van der Waals surface area contributed by atoms with Gasteiger partial charge in [-0.25, -0.2) is 8.42 Å². The highest BCUT2D eigenvalue weighted by molar-refractivity contribution is 7.92. The van der Waals surface area contributed by atoms with Crippen LogP contribution < -0.4 is 14.4 Å². The summed E-state index contributed by atoms with van der Waals surface area (Å²) in [6.07, 6.45) is 1.83. The molecule has 3 aromatic carbocycles. The average molecular weight is 566 g/mol. The number of hydrogen-bond acceptors (Lipinski definition) is 5. The predicted octanol–water partition coefficient (Wildman–Crippen LogP) is 4.33. The van der Waals surface area contributed by atoms with Gasteiger partial charge in [-0.3, -0.25) is 13.9 Å². The molecular formula is C31H39N3O5S. The molecule has 9 heteroatoms. The number of nitrogens with zero attached hydrogens (tertiary/aromatic N) is 2. The van der Waals surface area contributed by atoms with Gasteiger partial charge < -0.3 is 15.0 Å². The summed E-state index contributed by atoms with van der Waals surface area (Å²) in [5, 5.41) is 2.72. The molecular weight excluding hydrogens is 526 g/mol. The van der Waals surface area contributed by atoms with Crippen LogP contribution in [0.1, 0.15) is 36.5 Å². The van der Waals surface area contributed by atoms with Crippen LogP contribution in [0.3, 0.4) is 0 Å². The number of hydrogen-bond donors (Lipinski definition) is 1. The summed E-state index contributed by atoms with van der Waals surface area (Å²) >= 11 is 0. The van der Waals surface area contributed by atoms with E-state index < -0.39 is 16.1 Å². The number of benzene rings is 3. The summed E-state index contributed by atoms with van der Waals surface area (Å²) in [6, 6.07) is 23.7. The van der Waals surface area contributed by atoms with Gasteiger partial charge in [0.15, 0.2) is 0 Å². The molecule has 0 aliphatic rings. The number of carbonyl (C=O) groups is 2. The van der Waals surface area contributed by atoms with Gasteiger partial charge in [0.2, 0.25) is 21.8 Å². The number of aryl methyl sites for hydroxylation is 1. The number of nitrogens with one attached hydrogen (secondary N) is 1. The summed E-state index contributed by atoms with van der Waals surface area (Å²) in [6.45, 7) is 4.56. The third kappa shape index (κ3) is 8.58. The zero-order valence-corrected chi connectivity index (χ0v) is 24.5. The molecule has 0 spiro atoms. The average Bonchev–Trinajstić information content (AvgIpc) is 2.93. The molecule has 3 aromatic rings. The fourth-order valence-electron chi connectivity index (χ4n) is 4.65. The molecule has 8 nitrogen and oxygen atoms in total. The van der Waals surface area contributed by atoms with Gasteiger partial charge >= 0.3 is 0 Å². The molecule has 1 atom stereocenters. The van der Waals surface area contributed by atoms with E-state index in [-0.39, 0.29) is 37.7 Å². The summed E-state index contributed by atoms with van der Waals surface area (Å²) in [4.78, 5) is 28.5. The molecule has 0 saturated carbocycles. The van der Waals surface area contributed by atoms with Crippen LogP contribution in [-0.4, -0.2) is 57.6 Å². The Bertz CT molecular complexity index is 1380. The minimum atomic E-state index is -3.64. The summed E-state index contributed by atoms with van der Waals surface area (Å²) < 4.78 is 32.4. The second-order valence-electron chi connectivity index (χ2n) is 9.67. The van der Waals surface area contributed by atoms with Crippen molar-refractivity contribution in [1.82, 2.24) is 10.2 Å². The monoisotopic (exact) mass is 565 g/mol. The Hall–Kier alpha value is -3.85. The van der Waals surface area contributed by atoms with E-state index in [0.717, 1.165) is 22.9 Å². The van der Waals surface area contributed by atoms with Crippen LogP contribution in [0, 0.1) is 6.92 Å². The number of ether oxygens (including phenoxy) is 1. The SMILES string of the molecule is CCOc1ccccc1N(CCCC(=O)N(Cc1cccc(C)c1)C(Cc1ccccc1)C(=O)NC)S(C)(=O)=O. The van der Waals surface area contributed by atoms with E-state index in [0.29, 0.717) is 24.5 Å². The van der Waals surface area contributed by atoms with Crippen molar-refractivity contribution in [3.05, 3.63) is 95.6 Å². The van der Waals surface area contributed by atoms with Crippen LogP contribution in [0.4, 0.5) is 5.69 Å². The number of para-hydroxylation sites is 2. The molecule has 0 fully saturated rings. The highest BCUT2D eigenvalue weighted by Gasteiger charge is 2.30. The summed E-state index contributed by atoms with van der Waals surface area (Å²) in [5.74, 6) is -0.0174. The Labute approximate surface area is 238 Å². The van der Waals surface area contributed by atoms with E-state index in [1.54, 1.807) is 36.2 Å². The first kappa shape index (κ1) is 30.7. The Morgan fingerprint density at radius 2 is 1.62 bits per heavy atom. The maximum atomic E-state index is 13.8. The van der Waals surface area contributed by atoms with Gasteiger partial charge in [0.25, 0.3) is 0 Å². The zero-order chi connectivity index (χ0) is 29.1. The molecule has 214 valence electrons. The molecule has 0 heterocycles. The van der Waals surface area contributed by atoms with Crippen molar-refractivity contribution in [2.45, 2.75) is 45.7 Å². The lowest BCUT2D eigenvalue weighted by Gasteiger charge is -2.32. The second kappa shape index (κ2) is 14.5. The fourth-order valence-corrected chi connectivity index (χ4v) is 5.62. The van der Waals surface area contributed by atoms with E-state index in [1.165, 1.54) is 4.31 Å². The molecule has 0 saturated heterocycles. The normalized spacial score (nSPS) is 11.9. The van der Waals surface area contributed by atoms with Crippen LogP contribution >= 0.6 is 0 Å². The molecule has 40 heavy (non-hydrogen) atoms. The smallest absolute Gasteiger partial charge is 0.242 e. The highest BCUT2D eigenvalue weighted by Crippen LogP contribution is 2.30. The molecule has 0 aliphatic carbocycles. The van der Waals surface area contributed by atoms with Gasteiger partial charge in [0.05, 0.1) is 18.6 Å². The van der Waals surface area contributed by atoms with E-state index in [1.807, 2.05) is 68.4 Å². The molecule has 3 rings (SSSR count). The van der Waals surface area contributed by atoms with Crippen molar-refractivity contribution in [3.8, 4) is 5.75 Å². The van der Waals surface area contributed by atoms with Gasteiger partial charge in [0.1, 0.15) is 11.8 Å². The first-order valence-electron chi connectivity index (χ1n) is 13.4. The second-order valence-corrected chi connectivity index (χ2v) is 11.6. The standard InChI is InChI=1S/C31H39N3O5S/c1-5-39-29-18-10-9-17-27(29)34(40(4,37)38)20-12-19-30(35)33(23-26-16-11-13-24(2)21-26)28(31(36)32-3)22-25-14-7-6-8-15-25/h6-11,13-18,21,28H,5,12,19-20,22-23H2,1-4H3,(H,32,36). The topological polar surface area (TPSA) is 96.0 Å². The molecule has 0 aliphatic heterocycles. The molecule has 0 bridgehead atoms. The lowest BCUT2D eigenvalue weighted by molar-refractivity contribution is -0.141. The van der Waals surface area contributed by atoms with Gasteiger partial charge in [-0.15, -0.1) is 0 Å². The largest absolute Gasteiger partial charge is 0.492 e. The van der Waals surface area contributed by atoms with Gasteiger partial charge in [-0.1, -0.05) is 72.3 Å². The van der Waals surface area contributed by atoms with E-state index in [9.17, 15) is 18.0 Å².